The molecule has 0 aliphatic rings. The molecule has 3 rings (SSSR count). The predicted molar refractivity (Wildman–Crippen MR) is 107 cm³/mol. The van der Waals surface area contributed by atoms with Gasteiger partial charge in [0.25, 0.3) is 10.0 Å². The van der Waals surface area contributed by atoms with Gasteiger partial charge in [-0.1, -0.05) is 23.7 Å². The minimum atomic E-state index is -3.98. The summed E-state index contributed by atoms with van der Waals surface area (Å²) >= 11 is 5.80. The maximum absolute atomic E-state index is 12.7. The molecule has 0 aliphatic carbocycles. The van der Waals surface area contributed by atoms with Gasteiger partial charge in [0.05, 0.1) is 12.0 Å². The summed E-state index contributed by atoms with van der Waals surface area (Å²) in [5.74, 6) is -1.22. The molecule has 0 radical (unpaired) electrons. The molecule has 0 unspecified atom stereocenters. The van der Waals surface area contributed by atoms with Crippen molar-refractivity contribution in [3.05, 3.63) is 71.2 Å². The molecule has 0 spiro atoms. The third kappa shape index (κ3) is 4.76. The van der Waals surface area contributed by atoms with Crippen LogP contribution >= 0.6 is 11.6 Å². The van der Waals surface area contributed by atoms with Crippen molar-refractivity contribution in [3.8, 4) is 17.5 Å². The van der Waals surface area contributed by atoms with Gasteiger partial charge in [-0.15, -0.1) is 0 Å². The Hall–Kier alpha value is -3.30. The Morgan fingerprint density at radius 2 is 1.76 bits per heavy atom. The third-order valence-corrected chi connectivity index (χ3v) is 5.37. The van der Waals surface area contributed by atoms with Crippen LogP contribution < -0.4 is 14.2 Å². The summed E-state index contributed by atoms with van der Waals surface area (Å²) in [5, 5.41) is 9.72. The SMILES string of the molecule is COc1ccc(NS(=O)(=O)c2ccc(Cl)cc2)c(Oc2ccccc2C(=O)O)n1. The molecular formula is C19H15ClN2O6S. The second kappa shape index (κ2) is 8.38. The van der Waals surface area contributed by atoms with Gasteiger partial charge >= 0.3 is 5.97 Å². The molecule has 1 heterocycles. The Morgan fingerprint density at radius 3 is 2.41 bits per heavy atom. The highest BCUT2D eigenvalue weighted by Gasteiger charge is 2.20. The maximum atomic E-state index is 12.7. The molecule has 10 heteroatoms. The van der Waals surface area contributed by atoms with Crippen LogP contribution in [0.4, 0.5) is 5.69 Å². The van der Waals surface area contributed by atoms with Crippen molar-refractivity contribution >= 4 is 33.3 Å². The lowest BCUT2D eigenvalue weighted by Gasteiger charge is -2.14. The van der Waals surface area contributed by atoms with Crippen molar-refractivity contribution in [3.63, 3.8) is 0 Å². The largest absolute Gasteiger partial charge is 0.481 e. The molecule has 0 saturated heterocycles. The summed E-state index contributed by atoms with van der Waals surface area (Å²) in [6.07, 6.45) is 0. The van der Waals surface area contributed by atoms with Crippen LogP contribution in [0, 0.1) is 0 Å². The molecular weight excluding hydrogens is 420 g/mol. The first kappa shape index (κ1) is 20.4. The number of para-hydroxylation sites is 1. The number of ether oxygens (including phenoxy) is 2. The number of nitrogens with one attached hydrogen (secondary N) is 1. The van der Waals surface area contributed by atoms with Crippen LogP contribution in [-0.2, 0) is 10.0 Å². The van der Waals surface area contributed by atoms with Crippen molar-refractivity contribution in [1.82, 2.24) is 4.98 Å². The summed E-state index contributed by atoms with van der Waals surface area (Å²) in [4.78, 5) is 15.5. The monoisotopic (exact) mass is 434 g/mol. The molecule has 0 aliphatic heterocycles. The number of aromatic carboxylic acids is 1. The Labute approximate surface area is 171 Å². The molecule has 1 aromatic heterocycles. The van der Waals surface area contributed by atoms with Gasteiger partial charge < -0.3 is 14.6 Å². The number of carboxylic acids is 1. The van der Waals surface area contributed by atoms with E-state index in [-0.39, 0.29) is 33.7 Å². The smallest absolute Gasteiger partial charge is 0.339 e. The number of halogens is 1. The number of methoxy groups -OCH3 is 1. The number of sulfonamides is 1. The highest BCUT2D eigenvalue weighted by Crippen LogP contribution is 2.33. The zero-order valence-electron chi connectivity index (χ0n) is 15.0. The molecule has 0 fully saturated rings. The van der Waals surface area contributed by atoms with E-state index in [0.29, 0.717) is 5.02 Å². The van der Waals surface area contributed by atoms with Crippen molar-refractivity contribution in [2.45, 2.75) is 4.90 Å². The quantitative estimate of drug-likeness (QED) is 0.576. The van der Waals surface area contributed by atoms with Crippen LogP contribution in [0.2, 0.25) is 5.02 Å². The first-order chi connectivity index (χ1) is 13.8. The highest BCUT2D eigenvalue weighted by molar-refractivity contribution is 7.92. The first-order valence-electron chi connectivity index (χ1n) is 8.14. The fourth-order valence-corrected chi connectivity index (χ4v) is 3.53. The Morgan fingerprint density at radius 1 is 1.07 bits per heavy atom. The predicted octanol–water partition coefficient (Wildman–Crippen LogP) is 4.03. The second-order valence-electron chi connectivity index (χ2n) is 5.67. The maximum Gasteiger partial charge on any atom is 0.339 e. The number of carbonyl (C=O) groups is 1. The van der Waals surface area contributed by atoms with Crippen LogP contribution in [0.3, 0.4) is 0 Å². The molecule has 0 saturated carbocycles. The topological polar surface area (TPSA) is 115 Å². The van der Waals surface area contributed by atoms with Gasteiger partial charge in [-0.2, -0.15) is 4.98 Å². The number of pyridine rings is 1. The van der Waals surface area contributed by atoms with E-state index in [1.54, 1.807) is 12.1 Å². The molecule has 0 amide bonds. The number of aromatic nitrogens is 1. The summed E-state index contributed by atoms with van der Waals surface area (Å²) < 4.78 is 38.4. The fourth-order valence-electron chi connectivity index (χ4n) is 2.35. The van der Waals surface area contributed by atoms with E-state index in [1.165, 1.54) is 55.6 Å². The van der Waals surface area contributed by atoms with Gasteiger partial charge in [0.2, 0.25) is 11.8 Å². The van der Waals surface area contributed by atoms with Gasteiger partial charge in [-0.3, -0.25) is 4.72 Å². The molecule has 0 atom stereocenters. The highest BCUT2D eigenvalue weighted by atomic mass is 35.5. The Kier molecular flexibility index (Phi) is 5.90. The molecule has 2 aromatic carbocycles. The minimum Gasteiger partial charge on any atom is -0.481 e. The van der Waals surface area contributed by atoms with Crippen molar-refractivity contribution < 1.29 is 27.8 Å². The average molecular weight is 435 g/mol. The number of nitrogens with zero attached hydrogens (tertiary/aromatic N) is 1. The van der Waals surface area contributed by atoms with E-state index >= 15 is 0 Å². The van der Waals surface area contributed by atoms with E-state index in [2.05, 4.69) is 9.71 Å². The van der Waals surface area contributed by atoms with E-state index in [4.69, 9.17) is 21.1 Å². The zero-order chi connectivity index (χ0) is 21.0. The van der Waals surface area contributed by atoms with Gasteiger partial charge in [0.1, 0.15) is 17.0 Å². The number of benzene rings is 2. The average Bonchev–Trinajstić information content (AvgIpc) is 2.69. The van der Waals surface area contributed by atoms with Crippen LogP contribution in [0.25, 0.3) is 0 Å². The van der Waals surface area contributed by atoms with Gasteiger partial charge in [0, 0.05) is 11.1 Å². The van der Waals surface area contributed by atoms with Crippen LogP contribution in [-0.4, -0.2) is 31.6 Å². The number of hydrogen-bond donors (Lipinski definition) is 2. The molecule has 2 N–H and O–H groups in total. The van der Waals surface area contributed by atoms with Crippen LogP contribution in [0.5, 0.6) is 17.5 Å². The standard InChI is InChI=1S/C19H15ClN2O6S/c1-27-17-11-10-15(22-29(25,26)13-8-6-12(20)7-9-13)18(21-17)28-16-5-3-2-4-14(16)19(23)24/h2-11,22H,1H3,(H,23,24). The summed E-state index contributed by atoms with van der Waals surface area (Å²) in [7, 11) is -2.59. The lowest BCUT2D eigenvalue weighted by atomic mass is 10.2. The van der Waals surface area contributed by atoms with E-state index in [1.807, 2.05) is 0 Å². The summed E-state index contributed by atoms with van der Waals surface area (Å²) in [5.41, 5.74) is -0.107. The van der Waals surface area contributed by atoms with Gasteiger partial charge in [-0.25, -0.2) is 13.2 Å². The second-order valence-corrected chi connectivity index (χ2v) is 7.79. The zero-order valence-corrected chi connectivity index (χ0v) is 16.6. The van der Waals surface area contributed by atoms with Gasteiger partial charge in [-0.05, 0) is 42.5 Å². The van der Waals surface area contributed by atoms with Crippen LogP contribution in [0.1, 0.15) is 10.4 Å². The van der Waals surface area contributed by atoms with E-state index in [0.717, 1.165) is 0 Å². The molecule has 3 aromatic rings. The third-order valence-electron chi connectivity index (χ3n) is 3.74. The number of rotatable bonds is 7. The number of anilines is 1. The van der Waals surface area contributed by atoms with Crippen molar-refractivity contribution in [2.24, 2.45) is 0 Å². The lowest BCUT2D eigenvalue weighted by molar-refractivity contribution is 0.0694. The van der Waals surface area contributed by atoms with Gasteiger partial charge in [0.15, 0.2) is 0 Å². The Balaban J connectivity index is 2.00. The fraction of sp³-hybridized carbons (Fsp3) is 0.0526. The lowest BCUT2D eigenvalue weighted by Crippen LogP contribution is -2.14. The molecule has 8 nitrogen and oxygen atoms in total. The Bertz CT molecular complexity index is 1150. The van der Waals surface area contributed by atoms with E-state index < -0.39 is 16.0 Å². The number of carboxylic acid groups (broad SMARTS) is 1. The normalized spacial score (nSPS) is 11.0. The van der Waals surface area contributed by atoms with Crippen molar-refractivity contribution in [1.29, 1.82) is 0 Å². The van der Waals surface area contributed by atoms with Crippen LogP contribution in [0.15, 0.2) is 65.6 Å². The number of hydrogen-bond acceptors (Lipinski definition) is 6. The molecule has 29 heavy (non-hydrogen) atoms. The minimum absolute atomic E-state index is 0.000872. The van der Waals surface area contributed by atoms with Crippen molar-refractivity contribution in [2.75, 3.05) is 11.8 Å². The first-order valence-corrected chi connectivity index (χ1v) is 10.00. The summed E-state index contributed by atoms with van der Waals surface area (Å²) in [6, 6.07) is 14.3. The van der Waals surface area contributed by atoms with E-state index in [9.17, 15) is 18.3 Å². The summed E-state index contributed by atoms with van der Waals surface area (Å²) in [6.45, 7) is 0. The molecule has 0 bridgehead atoms. The molecule has 150 valence electrons.